The minimum Gasteiger partial charge on any atom is -0.372 e. The van der Waals surface area contributed by atoms with Gasteiger partial charge in [0.25, 0.3) is 0 Å². The summed E-state index contributed by atoms with van der Waals surface area (Å²) >= 11 is 1.67. The highest BCUT2D eigenvalue weighted by atomic mass is 32.1. The van der Waals surface area contributed by atoms with Crippen molar-refractivity contribution in [3.05, 3.63) is 29.0 Å². The summed E-state index contributed by atoms with van der Waals surface area (Å²) in [5.74, 6) is 1.54. The summed E-state index contributed by atoms with van der Waals surface area (Å²) in [4.78, 5) is 12.6. The standard InChI is InChI=1S/C10H13N5S/c1-11-8-6-12-7-9(15-8)13-3-2-10-14-4-5-16-10/h4-7H,2-3H2,1H3,(H2,11,13,15). The van der Waals surface area contributed by atoms with Crippen LogP contribution >= 0.6 is 11.3 Å². The molecule has 84 valence electrons. The Hall–Kier alpha value is -1.69. The highest BCUT2D eigenvalue weighted by molar-refractivity contribution is 7.09. The molecular weight excluding hydrogens is 222 g/mol. The SMILES string of the molecule is CNc1cncc(NCCc2nccs2)n1. The Balaban J connectivity index is 1.85. The second-order valence-corrected chi connectivity index (χ2v) is 4.12. The highest BCUT2D eigenvalue weighted by Gasteiger charge is 1.98. The first-order valence-corrected chi connectivity index (χ1v) is 5.88. The van der Waals surface area contributed by atoms with Crippen LogP contribution in [0.3, 0.4) is 0 Å². The van der Waals surface area contributed by atoms with E-state index in [1.165, 1.54) is 0 Å². The molecule has 2 N–H and O–H groups in total. The van der Waals surface area contributed by atoms with Gasteiger partial charge in [0.05, 0.1) is 17.4 Å². The molecule has 0 radical (unpaired) electrons. The topological polar surface area (TPSA) is 62.7 Å². The highest BCUT2D eigenvalue weighted by Crippen LogP contribution is 2.07. The zero-order valence-corrected chi connectivity index (χ0v) is 9.79. The van der Waals surface area contributed by atoms with Crippen molar-refractivity contribution in [3.8, 4) is 0 Å². The van der Waals surface area contributed by atoms with E-state index in [0.717, 1.165) is 29.6 Å². The number of thiazole rings is 1. The second kappa shape index (κ2) is 5.41. The average molecular weight is 235 g/mol. The first kappa shape index (κ1) is 10.8. The zero-order valence-electron chi connectivity index (χ0n) is 8.97. The van der Waals surface area contributed by atoms with Crippen LogP contribution in [0.15, 0.2) is 24.0 Å². The van der Waals surface area contributed by atoms with Crippen LogP contribution in [0.1, 0.15) is 5.01 Å². The Bertz CT molecular complexity index is 429. The second-order valence-electron chi connectivity index (χ2n) is 3.14. The number of rotatable bonds is 5. The monoisotopic (exact) mass is 235 g/mol. The largest absolute Gasteiger partial charge is 0.372 e. The fourth-order valence-electron chi connectivity index (χ4n) is 1.25. The third kappa shape index (κ3) is 2.90. The molecule has 2 aromatic heterocycles. The predicted octanol–water partition coefficient (Wildman–Crippen LogP) is 1.63. The Morgan fingerprint density at radius 1 is 1.31 bits per heavy atom. The van der Waals surface area contributed by atoms with Gasteiger partial charge in [-0.2, -0.15) is 0 Å². The molecule has 0 unspecified atom stereocenters. The maximum Gasteiger partial charge on any atom is 0.146 e. The number of nitrogens with zero attached hydrogens (tertiary/aromatic N) is 3. The van der Waals surface area contributed by atoms with Crippen molar-refractivity contribution in [2.45, 2.75) is 6.42 Å². The van der Waals surface area contributed by atoms with E-state index < -0.39 is 0 Å². The van der Waals surface area contributed by atoms with Gasteiger partial charge in [-0.25, -0.2) is 9.97 Å². The van der Waals surface area contributed by atoms with Crippen molar-refractivity contribution >= 4 is 23.0 Å². The van der Waals surface area contributed by atoms with Crippen LogP contribution in [0, 0.1) is 0 Å². The van der Waals surface area contributed by atoms with Gasteiger partial charge in [0.1, 0.15) is 11.6 Å². The smallest absolute Gasteiger partial charge is 0.146 e. The molecule has 6 heteroatoms. The molecule has 0 aromatic carbocycles. The summed E-state index contributed by atoms with van der Waals surface area (Å²) in [5.41, 5.74) is 0. The zero-order chi connectivity index (χ0) is 11.2. The molecule has 0 saturated heterocycles. The number of anilines is 2. The molecule has 0 bridgehead atoms. The fraction of sp³-hybridized carbons (Fsp3) is 0.300. The molecule has 2 aromatic rings. The summed E-state index contributed by atoms with van der Waals surface area (Å²) in [6.07, 6.45) is 6.12. The van der Waals surface area contributed by atoms with Crippen molar-refractivity contribution < 1.29 is 0 Å². The van der Waals surface area contributed by atoms with Crippen LogP contribution in [0.25, 0.3) is 0 Å². The molecule has 16 heavy (non-hydrogen) atoms. The van der Waals surface area contributed by atoms with Gasteiger partial charge in [-0.1, -0.05) is 0 Å². The van der Waals surface area contributed by atoms with E-state index in [1.54, 1.807) is 23.7 Å². The average Bonchev–Trinajstić information content (AvgIpc) is 2.82. The minimum absolute atomic E-state index is 0.763. The molecular formula is C10H13N5S. The Kier molecular flexibility index (Phi) is 3.66. The van der Waals surface area contributed by atoms with Crippen molar-refractivity contribution in [2.75, 3.05) is 24.2 Å². The van der Waals surface area contributed by atoms with Gasteiger partial charge in [-0.15, -0.1) is 11.3 Å². The lowest BCUT2D eigenvalue weighted by molar-refractivity contribution is 0.982. The summed E-state index contributed by atoms with van der Waals surface area (Å²) in [6.45, 7) is 0.815. The molecule has 2 heterocycles. The quantitative estimate of drug-likeness (QED) is 0.824. The molecule has 0 fully saturated rings. The van der Waals surface area contributed by atoms with Crippen LogP contribution in [0.2, 0.25) is 0 Å². The Morgan fingerprint density at radius 2 is 2.19 bits per heavy atom. The first-order valence-electron chi connectivity index (χ1n) is 5.00. The van der Waals surface area contributed by atoms with E-state index in [-0.39, 0.29) is 0 Å². The number of nitrogens with one attached hydrogen (secondary N) is 2. The van der Waals surface area contributed by atoms with Gasteiger partial charge >= 0.3 is 0 Å². The van der Waals surface area contributed by atoms with Gasteiger partial charge in [-0.05, 0) is 0 Å². The lowest BCUT2D eigenvalue weighted by Gasteiger charge is -2.05. The molecule has 0 aliphatic carbocycles. The predicted molar refractivity (Wildman–Crippen MR) is 65.9 cm³/mol. The van der Waals surface area contributed by atoms with Crippen molar-refractivity contribution in [1.82, 2.24) is 15.0 Å². The van der Waals surface area contributed by atoms with Gasteiger partial charge < -0.3 is 10.6 Å². The molecule has 2 rings (SSSR count). The van der Waals surface area contributed by atoms with Gasteiger partial charge in [-0.3, -0.25) is 4.98 Å². The summed E-state index contributed by atoms with van der Waals surface area (Å²) in [5, 5.41) is 9.27. The molecule has 0 atom stereocenters. The maximum atomic E-state index is 4.31. The van der Waals surface area contributed by atoms with E-state index in [1.807, 2.05) is 18.6 Å². The van der Waals surface area contributed by atoms with E-state index in [9.17, 15) is 0 Å². The molecule has 5 nitrogen and oxygen atoms in total. The number of aromatic nitrogens is 3. The maximum absolute atomic E-state index is 4.31. The van der Waals surface area contributed by atoms with Crippen LogP contribution in [0.4, 0.5) is 11.6 Å². The molecule has 0 aliphatic rings. The number of hydrogen-bond donors (Lipinski definition) is 2. The summed E-state index contributed by atoms with van der Waals surface area (Å²) in [7, 11) is 1.82. The van der Waals surface area contributed by atoms with E-state index in [4.69, 9.17) is 0 Å². The lowest BCUT2D eigenvalue weighted by atomic mass is 10.4. The molecule has 0 amide bonds. The van der Waals surface area contributed by atoms with Gasteiger partial charge in [0.2, 0.25) is 0 Å². The van der Waals surface area contributed by atoms with Crippen molar-refractivity contribution in [2.24, 2.45) is 0 Å². The van der Waals surface area contributed by atoms with Gasteiger partial charge in [0, 0.05) is 31.6 Å². The Morgan fingerprint density at radius 3 is 2.94 bits per heavy atom. The van der Waals surface area contributed by atoms with E-state index in [2.05, 4.69) is 25.6 Å². The fourth-order valence-corrected chi connectivity index (χ4v) is 1.87. The molecule has 0 spiro atoms. The minimum atomic E-state index is 0.763. The van der Waals surface area contributed by atoms with Gasteiger partial charge in [0.15, 0.2) is 0 Å². The van der Waals surface area contributed by atoms with Crippen LogP contribution in [-0.4, -0.2) is 28.5 Å². The van der Waals surface area contributed by atoms with Crippen LogP contribution < -0.4 is 10.6 Å². The van der Waals surface area contributed by atoms with Crippen molar-refractivity contribution in [3.63, 3.8) is 0 Å². The third-order valence-electron chi connectivity index (χ3n) is 2.02. The Labute approximate surface area is 98.0 Å². The third-order valence-corrected chi connectivity index (χ3v) is 2.86. The summed E-state index contributed by atoms with van der Waals surface area (Å²) in [6, 6.07) is 0. The first-order chi connectivity index (χ1) is 7.88. The normalized spacial score (nSPS) is 10.1. The molecule has 0 saturated carbocycles. The van der Waals surface area contributed by atoms with Crippen molar-refractivity contribution in [1.29, 1.82) is 0 Å². The number of hydrogen-bond acceptors (Lipinski definition) is 6. The van der Waals surface area contributed by atoms with Crippen LogP contribution in [-0.2, 0) is 6.42 Å². The van der Waals surface area contributed by atoms with E-state index in [0.29, 0.717) is 0 Å². The summed E-state index contributed by atoms with van der Waals surface area (Å²) < 4.78 is 0. The molecule has 0 aliphatic heterocycles. The van der Waals surface area contributed by atoms with E-state index >= 15 is 0 Å². The lowest BCUT2D eigenvalue weighted by Crippen LogP contribution is -2.07. The van der Waals surface area contributed by atoms with Crippen LogP contribution in [0.5, 0.6) is 0 Å².